The van der Waals surface area contributed by atoms with Crippen LogP contribution in [0.3, 0.4) is 0 Å². The van der Waals surface area contributed by atoms with Gasteiger partial charge in [0.15, 0.2) is 0 Å². The normalized spacial score (nSPS) is 14.0. The maximum absolute atomic E-state index is 11.3. The number of hydrogen-bond donors (Lipinski definition) is 2. The fourth-order valence-electron chi connectivity index (χ4n) is 3.83. The molecular formula is C22H20N2O4. The zero-order valence-electron chi connectivity index (χ0n) is 15.4. The van der Waals surface area contributed by atoms with E-state index >= 15 is 0 Å². The monoisotopic (exact) mass is 376 g/mol. The van der Waals surface area contributed by atoms with Crippen LogP contribution in [0.1, 0.15) is 28.3 Å². The highest BCUT2D eigenvalue weighted by Gasteiger charge is 2.31. The molecule has 0 fully saturated rings. The minimum Gasteiger partial charge on any atom is -0.508 e. The van der Waals surface area contributed by atoms with Crippen LogP contribution >= 0.6 is 0 Å². The van der Waals surface area contributed by atoms with Crippen LogP contribution in [-0.4, -0.2) is 21.7 Å². The number of non-ortho nitro benzene ring substituents is 1. The summed E-state index contributed by atoms with van der Waals surface area (Å²) >= 11 is 0. The van der Waals surface area contributed by atoms with Crippen LogP contribution in [0.4, 0.5) is 11.4 Å². The van der Waals surface area contributed by atoms with Crippen molar-refractivity contribution in [2.75, 3.05) is 11.4 Å². The fraction of sp³-hybridized carbons (Fsp3) is 0.182. The summed E-state index contributed by atoms with van der Waals surface area (Å²) in [5, 5.41) is 31.7. The van der Waals surface area contributed by atoms with E-state index in [0.717, 1.165) is 28.8 Å². The summed E-state index contributed by atoms with van der Waals surface area (Å²) in [6, 6.07) is 16.9. The predicted molar refractivity (Wildman–Crippen MR) is 107 cm³/mol. The molecule has 1 heterocycles. The van der Waals surface area contributed by atoms with Crippen molar-refractivity contribution in [1.82, 2.24) is 0 Å². The van der Waals surface area contributed by atoms with Crippen LogP contribution in [-0.2, 0) is 6.42 Å². The second-order valence-corrected chi connectivity index (χ2v) is 7.07. The van der Waals surface area contributed by atoms with E-state index in [1.54, 1.807) is 12.1 Å². The Kier molecular flexibility index (Phi) is 4.39. The fourth-order valence-corrected chi connectivity index (χ4v) is 3.83. The number of benzene rings is 3. The molecule has 0 spiro atoms. The molecule has 0 amide bonds. The predicted octanol–water partition coefficient (Wildman–Crippen LogP) is 4.47. The summed E-state index contributed by atoms with van der Waals surface area (Å²) in [5.74, 6) is 0.231. The number of phenolic OH excluding ortho intramolecular Hbond substituents is 2. The Morgan fingerprint density at radius 2 is 1.79 bits per heavy atom. The van der Waals surface area contributed by atoms with Crippen LogP contribution in [0.25, 0.3) is 0 Å². The number of phenols is 2. The molecule has 1 unspecified atom stereocenters. The van der Waals surface area contributed by atoms with E-state index in [1.807, 2.05) is 37.3 Å². The van der Waals surface area contributed by atoms with Gasteiger partial charge in [0.05, 0.1) is 11.0 Å². The first-order valence-electron chi connectivity index (χ1n) is 9.06. The van der Waals surface area contributed by atoms with E-state index in [4.69, 9.17) is 0 Å². The highest BCUT2D eigenvalue weighted by Crippen LogP contribution is 2.43. The van der Waals surface area contributed by atoms with Gasteiger partial charge in [-0.3, -0.25) is 10.1 Å². The lowest BCUT2D eigenvalue weighted by Gasteiger charge is -2.31. The van der Waals surface area contributed by atoms with Crippen molar-refractivity contribution in [3.8, 4) is 11.5 Å². The number of nitro groups is 1. The molecule has 0 radical (unpaired) electrons. The molecule has 0 aromatic heterocycles. The highest BCUT2D eigenvalue weighted by atomic mass is 16.6. The van der Waals surface area contributed by atoms with Crippen molar-refractivity contribution in [2.45, 2.75) is 19.4 Å². The van der Waals surface area contributed by atoms with Crippen molar-refractivity contribution < 1.29 is 15.1 Å². The summed E-state index contributed by atoms with van der Waals surface area (Å²) in [4.78, 5) is 13.0. The third-order valence-corrected chi connectivity index (χ3v) is 5.22. The second-order valence-electron chi connectivity index (χ2n) is 7.07. The Morgan fingerprint density at radius 1 is 1.04 bits per heavy atom. The minimum atomic E-state index is -0.453. The van der Waals surface area contributed by atoms with E-state index in [1.165, 1.54) is 18.2 Å². The Morgan fingerprint density at radius 3 is 2.50 bits per heavy atom. The lowest BCUT2D eigenvalue weighted by atomic mass is 9.95. The van der Waals surface area contributed by atoms with E-state index < -0.39 is 4.92 Å². The molecule has 1 atom stereocenters. The molecule has 1 aliphatic heterocycles. The number of anilines is 1. The first kappa shape index (κ1) is 17.9. The summed E-state index contributed by atoms with van der Waals surface area (Å²) in [7, 11) is 0. The molecule has 28 heavy (non-hydrogen) atoms. The Bertz CT molecular complexity index is 1050. The maximum atomic E-state index is 11.3. The average molecular weight is 376 g/mol. The smallest absolute Gasteiger partial charge is 0.270 e. The molecule has 3 aromatic carbocycles. The van der Waals surface area contributed by atoms with Gasteiger partial charge >= 0.3 is 0 Å². The van der Waals surface area contributed by atoms with Crippen molar-refractivity contribution in [2.24, 2.45) is 0 Å². The van der Waals surface area contributed by atoms with Gasteiger partial charge in [-0.1, -0.05) is 29.8 Å². The van der Waals surface area contributed by atoms with Crippen LogP contribution in [0, 0.1) is 17.0 Å². The number of nitrogens with zero attached hydrogens (tertiary/aromatic N) is 2. The van der Waals surface area contributed by atoms with Crippen molar-refractivity contribution in [1.29, 1.82) is 0 Å². The molecule has 2 N–H and O–H groups in total. The van der Waals surface area contributed by atoms with Crippen molar-refractivity contribution in [3.05, 3.63) is 93.0 Å². The van der Waals surface area contributed by atoms with E-state index in [9.17, 15) is 20.3 Å². The Labute approximate surface area is 162 Å². The first-order chi connectivity index (χ1) is 13.4. The SMILES string of the molecule is Cc1ccc(C(c2cc([N+](=O)[O-])ccc2O)N2CCc3cc(O)ccc32)cc1. The summed E-state index contributed by atoms with van der Waals surface area (Å²) < 4.78 is 0. The average Bonchev–Trinajstić information content (AvgIpc) is 3.07. The van der Waals surface area contributed by atoms with Crippen LogP contribution < -0.4 is 4.90 Å². The quantitative estimate of drug-likeness (QED) is 0.518. The molecule has 142 valence electrons. The molecule has 0 saturated heterocycles. The minimum absolute atomic E-state index is 0.0170. The molecule has 0 aliphatic carbocycles. The number of nitro benzene ring substituents is 1. The first-order valence-corrected chi connectivity index (χ1v) is 9.06. The molecule has 0 saturated carbocycles. The van der Waals surface area contributed by atoms with Crippen LogP contribution in [0.2, 0.25) is 0 Å². The number of aromatic hydroxyl groups is 2. The van der Waals surface area contributed by atoms with Crippen molar-refractivity contribution >= 4 is 11.4 Å². The van der Waals surface area contributed by atoms with Crippen LogP contribution in [0.5, 0.6) is 11.5 Å². The van der Waals surface area contributed by atoms with Gasteiger partial charge in [0.2, 0.25) is 0 Å². The number of rotatable bonds is 4. The van der Waals surface area contributed by atoms with Gasteiger partial charge in [-0.15, -0.1) is 0 Å². The molecule has 3 aromatic rings. The molecule has 0 bridgehead atoms. The summed E-state index contributed by atoms with van der Waals surface area (Å²) in [6.07, 6.45) is 0.752. The summed E-state index contributed by atoms with van der Waals surface area (Å²) in [5.41, 5.74) is 4.44. The Hall–Kier alpha value is -3.54. The molecular weight excluding hydrogens is 356 g/mol. The lowest BCUT2D eigenvalue weighted by molar-refractivity contribution is -0.384. The second kappa shape index (κ2) is 6.88. The maximum Gasteiger partial charge on any atom is 0.270 e. The van der Waals surface area contributed by atoms with Gasteiger partial charge in [0, 0.05) is 29.9 Å². The third-order valence-electron chi connectivity index (χ3n) is 5.22. The van der Waals surface area contributed by atoms with Crippen molar-refractivity contribution in [3.63, 3.8) is 0 Å². The third kappa shape index (κ3) is 3.13. The van der Waals surface area contributed by atoms with Gasteiger partial charge in [-0.05, 0) is 48.7 Å². The van der Waals surface area contributed by atoms with Gasteiger partial charge in [0.25, 0.3) is 5.69 Å². The van der Waals surface area contributed by atoms with E-state index in [-0.39, 0.29) is 23.2 Å². The van der Waals surface area contributed by atoms with Gasteiger partial charge in [0.1, 0.15) is 11.5 Å². The summed E-state index contributed by atoms with van der Waals surface area (Å²) in [6.45, 7) is 2.68. The molecule has 6 heteroatoms. The standard InChI is InChI=1S/C22H20N2O4/c1-14-2-4-15(5-3-14)22(19-13-17(24(27)28)6-9-21(19)26)23-11-10-16-12-18(25)7-8-20(16)23/h2-9,12-13,22,25-26H,10-11H2,1H3. The largest absolute Gasteiger partial charge is 0.508 e. The topological polar surface area (TPSA) is 86.8 Å². The number of hydrogen-bond acceptors (Lipinski definition) is 5. The van der Waals surface area contributed by atoms with Gasteiger partial charge in [-0.2, -0.15) is 0 Å². The zero-order chi connectivity index (χ0) is 19.8. The number of aryl methyl sites for hydroxylation is 1. The van der Waals surface area contributed by atoms with E-state index in [0.29, 0.717) is 12.1 Å². The highest BCUT2D eigenvalue weighted by molar-refractivity contribution is 5.64. The number of fused-ring (bicyclic) bond motifs is 1. The lowest BCUT2D eigenvalue weighted by Crippen LogP contribution is -2.28. The molecule has 6 nitrogen and oxygen atoms in total. The zero-order valence-corrected chi connectivity index (χ0v) is 15.4. The molecule has 4 rings (SSSR count). The van der Waals surface area contributed by atoms with Gasteiger partial charge in [-0.25, -0.2) is 0 Å². The molecule has 1 aliphatic rings. The van der Waals surface area contributed by atoms with E-state index in [2.05, 4.69) is 4.90 Å². The van der Waals surface area contributed by atoms with Gasteiger partial charge < -0.3 is 15.1 Å². The van der Waals surface area contributed by atoms with Crippen LogP contribution in [0.15, 0.2) is 60.7 Å². The Balaban J connectivity index is 1.89.